The maximum atomic E-state index is 15.0. The maximum Gasteiger partial charge on any atom is 0.348 e. The highest BCUT2D eigenvalue weighted by Crippen LogP contribution is 2.31. The van der Waals surface area contributed by atoms with Gasteiger partial charge in [0.2, 0.25) is 19.8 Å². The number of nitrogens with one attached hydrogen (secondary N) is 1. The number of rotatable bonds is 5. The zero-order chi connectivity index (χ0) is 25.7. The summed E-state index contributed by atoms with van der Waals surface area (Å²) in [5.41, 5.74) is 2.10. The van der Waals surface area contributed by atoms with E-state index in [0.29, 0.717) is 32.6 Å². The SMILES string of the molecule is Bc1cc(C(F)(F)C(=O)N(B)Cc2ccc3c(c2)CN(C2CCC(=O)NC2=O)C3=O)cc(B)c1Cl. The fourth-order valence-corrected chi connectivity index (χ4v) is 4.67. The average Bonchev–Trinajstić information content (AvgIpc) is 3.11. The van der Waals surface area contributed by atoms with Crippen LogP contribution in [0.1, 0.15) is 39.9 Å². The minimum absolute atomic E-state index is 0.0974. The van der Waals surface area contributed by atoms with Crippen LogP contribution in [0.5, 0.6) is 0 Å². The van der Waals surface area contributed by atoms with E-state index in [4.69, 9.17) is 11.6 Å². The van der Waals surface area contributed by atoms with Gasteiger partial charge in [0.25, 0.3) is 11.8 Å². The second kappa shape index (κ2) is 9.15. The van der Waals surface area contributed by atoms with Gasteiger partial charge in [-0.15, -0.1) is 0 Å². The van der Waals surface area contributed by atoms with Crippen molar-refractivity contribution in [3.63, 3.8) is 0 Å². The Hall–Kier alpha value is -3.14. The van der Waals surface area contributed by atoms with Crippen molar-refractivity contribution in [2.24, 2.45) is 0 Å². The van der Waals surface area contributed by atoms with E-state index in [-0.39, 0.29) is 37.7 Å². The average molecular weight is 497 g/mol. The van der Waals surface area contributed by atoms with Gasteiger partial charge < -0.3 is 9.71 Å². The van der Waals surface area contributed by atoms with Crippen LogP contribution in [0.4, 0.5) is 8.78 Å². The number of carbonyl (C=O) groups excluding carboxylic acids is 4. The molecule has 0 aromatic heterocycles. The van der Waals surface area contributed by atoms with Crippen molar-refractivity contribution in [3.05, 3.63) is 57.6 Å². The van der Waals surface area contributed by atoms with Gasteiger partial charge in [-0.3, -0.25) is 24.5 Å². The van der Waals surface area contributed by atoms with E-state index in [9.17, 15) is 19.2 Å². The van der Waals surface area contributed by atoms with Crippen molar-refractivity contribution in [2.75, 3.05) is 0 Å². The van der Waals surface area contributed by atoms with Crippen LogP contribution in [0, 0.1) is 0 Å². The first-order valence-corrected chi connectivity index (χ1v) is 11.4. The molecule has 7 nitrogen and oxygen atoms in total. The summed E-state index contributed by atoms with van der Waals surface area (Å²) in [6.45, 7) is 0.0608. The highest BCUT2D eigenvalue weighted by atomic mass is 35.5. The lowest BCUT2D eigenvalue weighted by Crippen LogP contribution is -2.52. The van der Waals surface area contributed by atoms with Crippen LogP contribution in [0.25, 0.3) is 0 Å². The van der Waals surface area contributed by atoms with Crippen molar-refractivity contribution in [3.8, 4) is 0 Å². The van der Waals surface area contributed by atoms with E-state index in [2.05, 4.69) is 5.32 Å². The standard InChI is InChI=1S/C22H21B3ClF2N3O4/c23-14-6-12(7-15(24)18(14)26)22(27,28)21(35)31(25)8-10-1-2-13-11(5-10)9-30(20(13)34)16-3-4-17(32)29-19(16)33/h1-2,5-7,16H,3-4,8-9,23-25H2,(H,29,32,33). The van der Waals surface area contributed by atoms with Gasteiger partial charge >= 0.3 is 5.92 Å². The fourth-order valence-electron chi connectivity index (χ4n) is 4.56. The van der Waals surface area contributed by atoms with Crippen LogP contribution in [-0.4, -0.2) is 63.1 Å². The summed E-state index contributed by atoms with van der Waals surface area (Å²) >= 11 is 6.08. The van der Waals surface area contributed by atoms with Crippen LogP contribution in [-0.2, 0) is 33.4 Å². The normalized spacial score (nSPS) is 17.9. The highest BCUT2D eigenvalue weighted by molar-refractivity contribution is 6.52. The Balaban J connectivity index is 1.49. The molecule has 2 aliphatic heterocycles. The Bertz CT molecular complexity index is 1250. The number of hydrogen-bond acceptors (Lipinski definition) is 4. The van der Waals surface area contributed by atoms with Crippen molar-refractivity contribution in [1.82, 2.24) is 15.0 Å². The van der Waals surface area contributed by atoms with Crippen molar-refractivity contribution >= 4 is 69.8 Å². The molecule has 178 valence electrons. The molecule has 2 aromatic carbocycles. The van der Waals surface area contributed by atoms with Crippen LogP contribution >= 0.6 is 11.6 Å². The number of alkyl halides is 2. The molecular weight excluding hydrogens is 476 g/mol. The molecule has 1 N–H and O–H groups in total. The van der Waals surface area contributed by atoms with Crippen LogP contribution in [0.2, 0.25) is 5.02 Å². The maximum absolute atomic E-state index is 15.0. The van der Waals surface area contributed by atoms with Gasteiger partial charge in [-0.1, -0.05) is 46.8 Å². The summed E-state index contributed by atoms with van der Waals surface area (Å²) in [7, 11) is 4.50. The number of nitrogens with zero attached hydrogens (tertiary/aromatic N) is 2. The summed E-state index contributed by atoms with van der Waals surface area (Å²) in [6.07, 6.45) is 0.392. The number of carbonyl (C=O) groups is 4. The second-order valence-electron chi connectivity index (χ2n) is 9.05. The van der Waals surface area contributed by atoms with Crippen molar-refractivity contribution in [2.45, 2.75) is 37.9 Å². The number of piperidine rings is 1. The van der Waals surface area contributed by atoms with E-state index in [1.807, 2.05) is 0 Å². The number of halogens is 3. The van der Waals surface area contributed by atoms with Gasteiger partial charge in [0, 0.05) is 35.7 Å². The van der Waals surface area contributed by atoms with Crippen molar-refractivity contribution < 1.29 is 28.0 Å². The third-order valence-electron chi connectivity index (χ3n) is 6.42. The van der Waals surface area contributed by atoms with Crippen LogP contribution in [0.3, 0.4) is 0 Å². The van der Waals surface area contributed by atoms with Crippen LogP contribution < -0.4 is 16.2 Å². The number of amides is 4. The van der Waals surface area contributed by atoms with Crippen LogP contribution in [0.15, 0.2) is 30.3 Å². The van der Waals surface area contributed by atoms with E-state index < -0.39 is 29.3 Å². The molecule has 4 rings (SSSR count). The number of benzene rings is 2. The Morgan fingerprint density at radius 3 is 2.46 bits per heavy atom. The molecule has 0 aliphatic carbocycles. The largest absolute Gasteiger partial charge is 0.384 e. The monoisotopic (exact) mass is 497 g/mol. The van der Waals surface area contributed by atoms with Gasteiger partial charge in [0.1, 0.15) is 21.7 Å². The lowest BCUT2D eigenvalue weighted by molar-refractivity contribution is -0.154. The quantitative estimate of drug-likeness (QED) is 0.394. The first-order chi connectivity index (χ1) is 16.4. The molecule has 0 saturated carbocycles. The topological polar surface area (TPSA) is 86.8 Å². The van der Waals surface area contributed by atoms with E-state index in [0.717, 1.165) is 4.81 Å². The second-order valence-corrected chi connectivity index (χ2v) is 9.43. The number of fused-ring (bicyclic) bond motifs is 1. The van der Waals surface area contributed by atoms with Gasteiger partial charge in [0.15, 0.2) is 0 Å². The van der Waals surface area contributed by atoms with Gasteiger partial charge in [-0.05, 0) is 23.6 Å². The third-order valence-corrected chi connectivity index (χ3v) is 7.02. The molecule has 1 atom stereocenters. The molecule has 2 aliphatic rings. The highest BCUT2D eigenvalue weighted by Gasteiger charge is 2.43. The molecule has 35 heavy (non-hydrogen) atoms. The van der Waals surface area contributed by atoms with Gasteiger partial charge in [0.05, 0.1) is 0 Å². The Labute approximate surface area is 208 Å². The van der Waals surface area contributed by atoms with E-state index in [1.54, 1.807) is 33.9 Å². The lowest BCUT2D eigenvalue weighted by Gasteiger charge is -2.29. The fraction of sp³-hybridized carbons (Fsp3) is 0.273. The molecule has 13 heteroatoms. The molecular formula is C22H21B3ClF2N3O4. The summed E-state index contributed by atoms with van der Waals surface area (Å²) < 4.78 is 30.1. The summed E-state index contributed by atoms with van der Waals surface area (Å²) in [5, 5.41) is 2.63. The zero-order valence-electron chi connectivity index (χ0n) is 19.5. The minimum atomic E-state index is -3.75. The summed E-state index contributed by atoms with van der Waals surface area (Å²) in [6, 6.07) is 6.53. The minimum Gasteiger partial charge on any atom is -0.384 e. The number of hydrogen-bond donors (Lipinski definition) is 1. The van der Waals surface area contributed by atoms with E-state index >= 15 is 8.78 Å². The Morgan fingerprint density at radius 1 is 1.17 bits per heavy atom. The lowest BCUT2D eigenvalue weighted by atomic mass is 9.84. The predicted molar refractivity (Wildman–Crippen MR) is 133 cm³/mol. The molecule has 0 spiro atoms. The molecule has 0 bridgehead atoms. The molecule has 2 heterocycles. The Morgan fingerprint density at radius 2 is 1.83 bits per heavy atom. The first-order valence-electron chi connectivity index (χ1n) is 11.1. The van der Waals surface area contributed by atoms with Gasteiger partial charge in [-0.2, -0.15) is 8.78 Å². The van der Waals surface area contributed by atoms with Crippen molar-refractivity contribution in [1.29, 1.82) is 0 Å². The molecule has 1 saturated heterocycles. The smallest absolute Gasteiger partial charge is 0.348 e. The zero-order valence-corrected chi connectivity index (χ0v) is 20.2. The Kier molecular flexibility index (Phi) is 6.53. The molecule has 4 amide bonds. The van der Waals surface area contributed by atoms with Gasteiger partial charge in [-0.25, -0.2) is 0 Å². The summed E-state index contributed by atoms with van der Waals surface area (Å²) in [5.74, 6) is -6.32. The molecule has 1 fully saturated rings. The predicted octanol–water partition coefficient (Wildman–Crippen LogP) is -1.71. The first kappa shape index (κ1) is 25.0. The third kappa shape index (κ3) is 4.59. The molecule has 2 aromatic rings. The molecule has 0 radical (unpaired) electrons. The van der Waals surface area contributed by atoms with E-state index in [1.165, 1.54) is 25.0 Å². The summed E-state index contributed by atoms with van der Waals surface area (Å²) in [4.78, 5) is 51.5. The molecule has 1 unspecified atom stereocenters. The number of imide groups is 1.